The van der Waals surface area contributed by atoms with Crippen LogP contribution >= 0.6 is 0 Å². The molecular formula is C21H16F3N. The summed E-state index contributed by atoms with van der Waals surface area (Å²) in [5, 5.41) is 0. The molecule has 0 saturated heterocycles. The Labute approximate surface area is 144 Å². The number of anilines is 1. The van der Waals surface area contributed by atoms with Crippen molar-refractivity contribution in [2.24, 2.45) is 0 Å². The van der Waals surface area contributed by atoms with E-state index in [1.54, 1.807) is 60.7 Å². The highest BCUT2D eigenvalue weighted by atomic mass is 19.4. The van der Waals surface area contributed by atoms with Crippen molar-refractivity contribution >= 4 is 16.8 Å². The molecule has 0 aliphatic rings. The van der Waals surface area contributed by atoms with E-state index in [0.717, 1.165) is 0 Å². The minimum absolute atomic E-state index is 0.0874. The number of hydrogen-bond donors (Lipinski definition) is 1. The Bertz CT molecular complexity index is 823. The number of nitrogen functional groups attached to an aromatic ring is 1. The Kier molecular flexibility index (Phi) is 4.61. The summed E-state index contributed by atoms with van der Waals surface area (Å²) in [4.78, 5) is 0. The van der Waals surface area contributed by atoms with Crippen LogP contribution in [0.4, 0.5) is 18.9 Å². The number of halogens is 3. The smallest absolute Gasteiger partial charge is 0.399 e. The van der Waals surface area contributed by atoms with Crippen LogP contribution in [0.5, 0.6) is 0 Å². The van der Waals surface area contributed by atoms with E-state index in [1.165, 1.54) is 24.3 Å². The van der Waals surface area contributed by atoms with Gasteiger partial charge < -0.3 is 5.73 Å². The second kappa shape index (κ2) is 6.85. The van der Waals surface area contributed by atoms with Crippen molar-refractivity contribution in [2.75, 3.05) is 5.73 Å². The topological polar surface area (TPSA) is 26.0 Å². The van der Waals surface area contributed by atoms with Crippen molar-refractivity contribution in [2.45, 2.75) is 6.18 Å². The maximum atomic E-state index is 14.0. The minimum Gasteiger partial charge on any atom is -0.399 e. The molecule has 3 aromatic carbocycles. The predicted molar refractivity (Wildman–Crippen MR) is 95.7 cm³/mol. The fourth-order valence-corrected chi connectivity index (χ4v) is 2.76. The lowest BCUT2D eigenvalue weighted by molar-refractivity contribution is -0.0685. The SMILES string of the molecule is Nc1ccc(C(=C(c2ccccc2)c2ccccc2)C(F)(F)F)cc1. The molecule has 3 rings (SSSR count). The second-order valence-electron chi connectivity index (χ2n) is 5.60. The fourth-order valence-electron chi connectivity index (χ4n) is 2.76. The van der Waals surface area contributed by atoms with Gasteiger partial charge in [-0.3, -0.25) is 0 Å². The number of nitrogens with two attached hydrogens (primary N) is 1. The fraction of sp³-hybridized carbons (Fsp3) is 0.0476. The van der Waals surface area contributed by atoms with Crippen LogP contribution in [0.3, 0.4) is 0 Å². The van der Waals surface area contributed by atoms with Gasteiger partial charge in [-0.2, -0.15) is 13.2 Å². The number of allylic oxidation sites excluding steroid dienone is 1. The van der Waals surface area contributed by atoms with Crippen molar-refractivity contribution in [1.82, 2.24) is 0 Å². The highest BCUT2D eigenvalue weighted by Gasteiger charge is 2.38. The van der Waals surface area contributed by atoms with Crippen LogP contribution in [0, 0.1) is 0 Å². The van der Waals surface area contributed by atoms with Crippen LogP contribution in [0.15, 0.2) is 84.9 Å². The van der Waals surface area contributed by atoms with Gasteiger partial charge in [0.15, 0.2) is 0 Å². The molecule has 0 radical (unpaired) electrons. The van der Waals surface area contributed by atoms with Crippen LogP contribution in [0.2, 0.25) is 0 Å². The molecule has 0 unspecified atom stereocenters. The Balaban J connectivity index is 2.37. The number of hydrogen-bond acceptors (Lipinski definition) is 1. The Morgan fingerprint density at radius 2 is 1.04 bits per heavy atom. The lowest BCUT2D eigenvalue weighted by Gasteiger charge is -2.19. The molecule has 0 fully saturated rings. The van der Waals surface area contributed by atoms with Gasteiger partial charge in [-0.05, 0) is 28.8 Å². The number of benzene rings is 3. The van der Waals surface area contributed by atoms with Gasteiger partial charge in [0.25, 0.3) is 0 Å². The average molecular weight is 339 g/mol. The third-order valence-electron chi connectivity index (χ3n) is 3.86. The monoisotopic (exact) mass is 339 g/mol. The van der Waals surface area contributed by atoms with E-state index >= 15 is 0 Å². The first-order valence-corrected chi connectivity index (χ1v) is 7.75. The molecule has 0 amide bonds. The minimum atomic E-state index is -4.52. The van der Waals surface area contributed by atoms with Gasteiger partial charge in [-0.15, -0.1) is 0 Å². The Morgan fingerprint density at radius 1 is 0.600 bits per heavy atom. The summed E-state index contributed by atoms with van der Waals surface area (Å²) in [6, 6.07) is 23.0. The molecule has 3 aromatic rings. The van der Waals surface area contributed by atoms with Gasteiger partial charge in [-0.25, -0.2) is 0 Å². The molecule has 0 saturated carbocycles. The van der Waals surface area contributed by atoms with Gasteiger partial charge in [-0.1, -0.05) is 72.8 Å². The zero-order chi connectivity index (χ0) is 17.9. The molecule has 2 N–H and O–H groups in total. The molecule has 126 valence electrons. The van der Waals surface area contributed by atoms with Gasteiger partial charge >= 0.3 is 6.18 Å². The van der Waals surface area contributed by atoms with E-state index in [2.05, 4.69) is 0 Å². The zero-order valence-corrected chi connectivity index (χ0v) is 13.3. The lowest BCUT2D eigenvalue weighted by atomic mass is 9.89. The molecular weight excluding hydrogens is 323 g/mol. The first-order valence-electron chi connectivity index (χ1n) is 7.75. The standard InChI is InChI=1S/C21H16F3N/c22-21(23,24)20(17-11-13-18(25)14-12-17)19(15-7-3-1-4-8-15)16-9-5-2-6-10-16/h1-14H,25H2. The zero-order valence-electron chi connectivity index (χ0n) is 13.3. The predicted octanol–water partition coefficient (Wildman–Crippen LogP) is 5.79. The van der Waals surface area contributed by atoms with Crippen LogP contribution in [-0.2, 0) is 0 Å². The highest BCUT2D eigenvalue weighted by molar-refractivity contribution is 6.00. The molecule has 4 heteroatoms. The molecule has 1 nitrogen and oxygen atoms in total. The summed E-state index contributed by atoms with van der Waals surface area (Å²) in [5.41, 5.74) is 6.65. The van der Waals surface area contributed by atoms with Crippen LogP contribution in [0.1, 0.15) is 16.7 Å². The van der Waals surface area contributed by atoms with Crippen molar-refractivity contribution in [1.29, 1.82) is 0 Å². The Hall–Kier alpha value is -3.01. The average Bonchev–Trinajstić information content (AvgIpc) is 2.61. The van der Waals surface area contributed by atoms with E-state index in [0.29, 0.717) is 16.8 Å². The molecule has 0 aliphatic carbocycles. The summed E-state index contributed by atoms with van der Waals surface area (Å²) in [6.07, 6.45) is -4.52. The molecule has 0 aliphatic heterocycles. The van der Waals surface area contributed by atoms with E-state index in [4.69, 9.17) is 5.73 Å². The first-order chi connectivity index (χ1) is 12.0. The molecule has 0 spiro atoms. The maximum absolute atomic E-state index is 14.0. The summed E-state index contributed by atoms with van der Waals surface area (Å²) in [6.45, 7) is 0. The van der Waals surface area contributed by atoms with Crippen molar-refractivity contribution < 1.29 is 13.2 Å². The van der Waals surface area contributed by atoms with E-state index < -0.39 is 11.7 Å². The van der Waals surface area contributed by atoms with E-state index in [1.807, 2.05) is 0 Å². The van der Waals surface area contributed by atoms with Crippen molar-refractivity contribution in [3.8, 4) is 0 Å². The number of rotatable bonds is 3. The third kappa shape index (κ3) is 3.74. The summed E-state index contributed by atoms with van der Waals surface area (Å²) in [7, 11) is 0. The maximum Gasteiger partial charge on any atom is 0.417 e. The van der Waals surface area contributed by atoms with Crippen LogP contribution in [-0.4, -0.2) is 6.18 Å². The summed E-state index contributed by atoms with van der Waals surface area (Å²) >= 11 is 0. The normalized spacial score (nSPS) is 11.2. The Morgan fingerprint density at radius 3 is 1.44 bits per heavy atom. The van der Waals surface area contributed by atoms with Gasteiger partial charge in [0.2, 0.25) is 0 Å². The van der Waals surface area contributed by atoms with Crippen molar-refractivity contribution in [3.63, 3.8) is 0 Å². The molecule has 0 bridgehead atoms. The summed E-state index contributed by atoms with van der Waals surface area (Å²) in [5.74, 6) is 0. The van der Waals surface area contributed by atoms with Crippen molar-refractivity contribution in [3.05, 3.63) is 102 Å². The van der Waals surface area contributed by atoms with Gasteiger partial charge in [0.1, 0.15) is 0 Å². The van der Waals surface area contributed by atoms with Crippen LogP contribution < -0.4 is 5.73 Å². The van der Waals surface area contributed by atoms with Crippen LogP contribution in [0.25, 0.3) is 11.1 Å². The highest BCUT2D eigenvalue weighted by Crippen LogP contribution is 2.42. The molecule has 0 atom stereocenters. The molecule has 0 heterocycles. The lowest BCUT2D eigenvalue weighted by Crippen LogP contribution is -2.14. The third-order valence-corrected chi connectivity index (χ3v) is 3.86. The number of alkyl halides is 3. The van der Waals surface area contributed by atoms with Gasteiger partial charge in [0, 0.05) is 11.3 Å². The molecule has 0 aromatic heterocycles. The molecule has 25 heavy (non-hydrogen) atoms. The van der Waals surface area contributed by atoms with E-state index in [-0.39, 0.29) is 11.1 Å². The summed E-state index contributed by atoms with van der Waals surface area (Å²) < 4.78 is 42.1. The first kappa shape index (κ1) is 16.8. The quantitative estimate of drug-likeness (QED) is 0.474. The van der Waals surface area contributed by atoms with Gasteiger partial charge in [0.05, 0.1) is 5.57 Å². The van der Waals surface area contributed by atoms with E-state index in [9.17, 15) is 13.2 Å². The second-order valence-corrected chi connectivity index (χ2v) is 5.60. The largest absolute Gasteiger partial charge is 0.417 e.